The summed E-state index contributed by atoms with van der Waals surface area (Å²) in [5.74, 6) is -4.44. The monoisotopic (exact) mass is 296 g/mol. The molecule has 4 nitrogen and oxygen atoms in total. The summed E-state index contributed by atoms with van der Waals surface area (Å²) >= 11 is 5.90. The zero-order valence-electron chi connectivity index (χ0n) is 11.3. The standard InChI is InChI=1S/C15H17ClO4/c1-3-4-5-11(14(17)18)13(15(19)20)12-8-10(16)7-6-9(12)2/h3-4,6-8,11,13H,5H2,1-2H3,(H,17,18)(H,19,20). The minimum Gasteiger partial charge on any atom is -0.481 e. The molecule has 0 saturated carbocycles. The Morgan fingerprint density at radius 1 is 1.30 bits per heavy atom. The summed E-state index contributed by atoms with van der Waals surface area (Å²) in [6, 6.07) is 4.88. The lowest BCUT2D eigenvalue weighted by Gasteiger charge is -2.21. The third kappa shape index (κ3) is 3.84. The Balaban J connectivity index is 3.30. The van der Waals surface area contributed by atoms with Gasteiger partial charge in [-0.2, -0.15) is 0 Å². The molecule has 0 aromatic heterocycles. The number of aryl methyl sites for hydroxylation is 1. The van der Waals surface area contributed by atoms with Crippen LogP contribution in [0.5, 0.6) is 0 Å². The highest BCUT2D eigenvalue weighted by molar-refractivity contribution is 6.30. The van der Waals surface area contributed by atoms with E-state index in [9.17, 15) is 19.8 Å². The first-order valence-corrected chi connectivity index (χ1v) is 6.59. The number of benzene rings is 1. The molecular formula is C15H17ClO4. The predicted molar refractivity (Wildman–Crippen MR) is 77.1 cm³/mol. The van der Waals surface area contributed by atoms with E-state index in [1.807, 2.05) is 0 Å². The van der Waals surface area contributed by atoms with Crippen molar-refractivity contribution < 1.29 is 19.8 Å². The van der Waals surface area contributed by atoms with Crippen LogP contribution in [-0.2, 0) is 9.59 Å². The first kappa shape index (κ1) is 16.2. The molecule has 2 atom stereocenters. The highest BCUT2D eigenvalue weighted by atomic mass is 35.5. The van der Waals surface area contributed by atoms with Gasteiger partial charge < -0.3 is 10.2 Å². The van der Waals surface area contributed by atoms with Crippen LogP contribution >= 0.6 is 11.6 Å². The molecule has 0 saturated heterocycles. The Labute approximate surface area is 122 Å². The van der Waals surface area contributed by atoms with Gasteiger partial charge in [0.2, 0.25) is 0 Å². The lowest BCUT2D eigenvalue weighted by Crippen LogP contribution is -2.28. The van der Waals surface area contributed by atoms with Crippen LogP contribution in [0.15, 0.2) is 30.4 Å². The second-order valence-electron chi connectivity index (χ2n) is 4.57. The van der Waals surface area contributed by atoms with Gasteiger partial charge in [0.05, 0.1) is 11.8 Å². The summed E-state index contributed by atoms with van der Waals surface area (Å²) in [5.41, 5.74) is 1.16. The van der Waals surface area contributed by atoms with Gasteiger partial charge >= 0.3 is 11.9 Å². The maximum atomic E-state index is 11.5. The molecule has 0 spiro atoms. The number of halogens is 1. The quantitative estimate of drug-likeness (QED) is 0.788. The van der Waals surface area contributed by atoms with E-state index in [1.54, 1.807) is 38.1 Å². The van der Waals surface area contributed by atoms with Crippen LogP contribution in [0.3, 0.4) is 0 Å². The van der Waals surface area contributed by atoms with Crippen LogP contribution in [0.2, 0.25) is 5.02 Å². The van der Waals surface area contributed by atoms with E-state index in [1.165, 1.54) is 6.07 Å². The second-order valence-corrected chi connectivity index (χ2v) is 5.00. The molecule has 0 aliphatic rings. The van der Waals surface area contributed by atoms with Crippen molar-refractivity contribution in [2.45, 2.75) is 26.2 Å². The summed E-state index contributed by atoms with van der Waals surface area (Å²) in [7, 11) is 0. The van der Waals surface area contributed by atoms with Crippen molar-refractivity contribution in [2.75, 3.05) is 0 Å². The molecule has 2 N–H and O–H groups in total. The lowest BCUT2D eigenvalue weighted by atomic mass is 9.82. The molecule has 0 aliphatic carbocycles. The molecule has 1 aromatic carbocycles. The Hall–Kier alpha value is -1.81. The van der Waals surface area contributed by atoms with E-state index >= 15 is 0 Å². The summed E-state index contributed by atoms with van der Waals surface area (Å²) in [6.07, 6.45) is 3.53. The minimum atomic E-state index is -1.16. The van der Waals surface area contributed by atoms with E-state index in [4.69, 9.17) is 11.6 Å². The zero-order valence-corrected chi connectivity index (χ0v) is 12.1. The van der Waals surface area contributed by atoms with Gasteiger partial charge in [0.1, 0.15) is 0 Å². The van der Waals surface area contributed by atoms with Crippen molar-refractivity contribution in [2.24, 2.45) is 5.92 Å². The number of aliphatic carboxylic acids is 2. The topological polar surface area (TPSA) is 74.6 Å². The number of hydrogen-bond acceptors (Lipinski definition) is 2. The van der Waals surface area contributed by atoms with Crippen molar-refractivity contribution in [3.8, 4) is 0 Å². The van der Waals surface area contributed by atoms with E-state index in [-0.39, 0.29) is 6.42 Å². The van der Waals surface area contributed by atoms with Crippen LogP contribution in [0.4, 0.5) is 0 Å². The van der Waals surface area contributed by atoms with Gasteiger partial charge in [0, 0.05) is 5.02 Å². The molecule has 108 valence electrons. The molecule has 0 radical (unpaired) electrons. The number of carboxylic acid groups (broad SMARTS) is 2. The SMILES string of the molecule is CC=CCC(C(=O)O)C(C(=O)O)c1cc(Cl)ccc1C. The Morgan fingerprint density at radius 3 is 2.45 bits per heavy atom. The maximum absolute atomic E-state index is 11.5. The third-order valence-electron chi connectivity index (χ3n) is 3.19. The fourth-order valence-electron chi connectivity index (χ4n) is 2.13. The molecule has 2 unspecified atom stereocenters. The van der Waals surface area contributed by atoms with Crippen LogP contribution in [0.1, 0.15) is 30.4 Å². The van der Waals surface area contributed by atoms with Gasteiger partial charge in [0.15, 0.2) is 0 Å². The van der Waals surface area contributed by atoms with E-state index in [2.05, 4.69) is 0 Å². The van der Waals surface area contributed by atoms with Crippen molar-refractivity contribution in [3.63, 3.8) is 0 Å². The summed E-state index contributed by atoms with van der Waals surface area (Å²) in [4.78, 5) is 22.9. The normalized spacial score (nSPS) is 14.2. The summed E-state index contributed by atoms with van der Waals surface area (Å²) < 4.78 is 0. The van der Waals surface area contributed by atoms with Gasteiger partial charge in [0.25, 0.3) is 0 Å². The van der Waals surface area contributed by atoms with E-state index in [0.717, 1.165) is 0 Å². The fraction of sp³-hybridized carbons (Fsp3) is 0.333. The van der Waals surface area contributed by atoms with Crippen molar-refractivity contribution in [1.82, 2.24) is 0 Å². The van der Waals surface area contributed by atoms with Gasteiger partial charge in [-0.25, -0.2) is 0 Å². The van der Waals surface area contributed by atoms with Gasteiger partial charge in [-0.3, -0.25) is 9.59 Å². The van der Waals surface area contributed by atoms with E-state index < -0.39 is 23.8 Å². The minimum absolute atomic E-state index is 0.161. The molecule has 0 fully saturated rings. The highest BCUT2D eigenvalue weighted by Gasteiger charge is 2.35. The number of hydrogen-bond donors (Lipinski definition) is 2. The molecule has 5 heteroatoms. The summed E-state index contributed by atoms with van der Waals surface area (Å²) in [6.45, 7) is 3.51. The van der Waals surface area contributed by atoms with Crippen molar-refractivity contribution >= 4 is 23.5 Å². The third-order valence-corrected chi connectivity index (χ3v) is 3.42. The van der Waals surface area contributed by atoms with Crippen molar-refractivity contribution in [3.05, 3.63) is 46.5 Å². The fourth-order valence-corrected chi connectivity index (χ4v) is 2.31. The molecule has 0 heterocycles. The predicted octanol–water partition coefficient (Wildman–Crippen LogP) is 3.48. The maximum Gasteiger partial charge on any atom is 0.311 e. The average Bonchev–Trinajstić information content (AvgIpc) is 2.37. The average molecular weight is 297 g/mol. The highest BCUT2D eigenvalue weighted by Crippen LogP contribution is 2.32. The molecule has 20 heavy (non-hydrogen) atoms. The first-order chi connectivity index (χ1) is 9.38. The van der Waals surface area contributed by atoms with Crippen LogP contribution < -0.4 is 0 Å². The zero-order chi connectivity index (χ0) is 15.3. The molecule has 1 rings (SSSR count). The van der Waals surface area contributed by atoms with Gasteiger partial charge in [-0.05, 0) is 43.5 Å². The Morgan fingerprint density at radius 2 is 1.95 bits per heavy atom. The molecule has 1 aromatic rings. The van der Waals surface area contributed by atoms with Crippen molar-refractivity contribution in [1.29, 1.82) is 0 Å². The number of allylic oxidation sites excluding steroid dienone is 2. The number of rotatable bonds is 6. The molecule has 0 bridgehead atoms. The largest absolute Gasteiger partial charge is 0.481 e. The Bertz CT molecular complexity index is 537. The first-order valence-electron chi connectivity index (χ1n) is 6.21. The van der Waals surface area contributed by atoms with E-state index in [0.29, 0.717) is 16.1 Å². The van der Waals surface area contributed by atoms with Crippen LogP contribution in [0.25, 0.3) is 0 Å². The smallest absolute Gasteiger partial charge is 0.311 e. The Kier molecular flexibility index (Phi) is 5.77. The van der Waals surface area contributed by atoms with Crippen LogP contribution in [-0.4, -0.2) is 22.2 Å². The lowest BCUT2D eigenvalue weighted by molar-refractivity contribution is -0.150. The number of carboxylic acids is 2. The molecule has 0 aliphatic heterocycles. The van der Waals surface area contributed by atoms with Crippen LogP contribution in [0, 0.1) is 12.8 Å². The molecule has 0 amide bonds. The summed E-state index contributed by atoms with van der Waals surface area (Å²) in [5, 5.41) is 19.1. The second kappa shape index (κ2) is 7.10. The van der Waals surface area contributed by atoms with Gasteiger partial charge in [-0.1, -0.05) is 29.8 Å². The number of carbonyl (C=O) groups is 2. The van der Waals surface area contributed by atoms with Gasteiger partial charge in [-0.15, -0.1) is 0 Å². The molecular weight excluding hydrogens is 280 g/mol.